The summed E-state index contributed by atoms with van der Waals surface area (Å²) in [5.41, 5.74) is 0. The largest absolute Gasteiger partial charge is 0.492 e. The number of methoxy groups -OCH3 is 1. The van der Waals surface area contributed by atoms with Gasteiger partial charge < -0.3 is 9.47 Å². The van der Waals surface area contributed by atoms with Crippen LogP contribution in [-0.2, 0) is 14.8 Å². The van der Waals surface area contributed by atoms with E-state index in [9.17, 15) is 8.42 Å². The number of halogens is 1. The summed E-state index contributed by atoms with van der Waals surface area (Å²) in [5.74, 6) is 0.352. The maximum atomic E-state index is 12.2. The van der Waals surface area contributed by atoms with Crippen molar-refractivity contribution in [2.75, 3.05) is 26.9 Å². The van der Waals surface area contributed by atoms with Crippen LogP contribution in [0.4, 0.5) is 0 Å². The molecule has 0 aliphatic heterocycles. The van der Waals surface area contributed by atoms with E-state index in [0.717, 1.165) is 0 Å². The molecule has 1 aromatic rings. The monoisotopic (exact) mass is 351 g/mol. The molecule has 0 unspecified atom stereocenters. The van der Waals surface area contributed by atoms with E-state index in [1.807, 2.05) is 6.92 Å². The van der Waals surface area contributed by atoms with Gasteiger partial charge in [0.1, 0.15) is 10.6 Å². The molecule has 0 saturated heterocycles. The zero-order valence-corrected chi connectivity index (χ0v) is 13.4. The van der Waals surface area contributed by atoms with E-state index in [-0.39, 0.29) is 4.90 Å². The van der Waals surface area contributed by atoms with Crippen molar-refractivity contribution in [2.24, 2.45) is 0 Å². The summed E-state index contributed by atoms with van der Waals surface area (Å²) in [6.07, 6.45) is 0.619. The summed E-state index contributed by atoms with van der Waals surface area (Å²) in [6, 6.07) is 4.91. The van der Waals surface area contributed by atoms with Crippen LogP contribution >= 0.6 is 15.9 Å². The zero-order valence-electron chi connectivity index (χ0n) is 11.0. The Morgan fingerprint density at radius 3 is 2.74 bits per heavy atom. The Labute approximate surface area is 122 Å². The van der Waals surface area contributed by atoms with Gasteiger partial charge in [0.15, 0.2) is 0 Å². The number of sulfonamides is 1. The molecule has 0 fully saturated rings. The Hall–Kier alpha value is -0.630. The molecule has 5 nitrogen and oxygen atoms in total. The third-order valence-corrected chi connectivity index (χ3v) is 4.29. The van der Waals surface area contributed by atoms with Crippen molar-refractivity contribution in [3.05, 3.63) is 22.7 Å². The second-order valence-corrected chi connectivity index (χ2v) is 6.42. The lowest BCUT2D eigenvalue weighted by Gasteiger charge is -2.12. The molecule has 0 saturated carbocycles. The molecule has 1 rings (SSSR count). The highest BCUT2D eigenvalue weighted by Gasteiger charge is 2.19. The van der Waals surface area contributed by atoms with Gasteiger partial charge in [-0.1, -0.05) is 15.9 Å². The van der Waals surface area contributed by atoms with E-state index >= 15 is 0 Å². The molecule has 108 valence electrons. The molecule has 19 heavy (non-hydrogen) atoms. The number of nitrogens with one attached hydrogen (secondary N) is 1. The van der Waals surface area contributed by atoms with Gasteiger partial charge >= 0.3 is 0 Å². The Morgan fingerprint density at radius 2 is 2.11 bits per heavy atom. The van der Waals surface area contributed by atoms with Gasteiger partial charge in [-0.05, 0) is 31.5 Å². The topological polar surface area (TPSA) is 64.6 Å². The van der Waals surface area contributed by atoms with Crippen LogP contribution in [0.2, 0.25) is 0 Å². The normalized spacial score (nSPS) is 11.5. The zero-order chi connectivity index (χ0) is 14.3. The van der Waals surface area contributed by atoms with Crippen LogP contribution in [-0.4, -0.2) is 35.3 Å². The van der Waals surface area contributed by atoms with Crippen LogP contribution in [0.15, 0.2) is 27.6 Å². The fraction of sp³-hybridized carbons (Fsp3) is 0.500. The van der Waals surface area contributed by atoms with Crippen LogP contribution in [0.25, 0.3) is 0 Å². The summed E-state index contributed by atoms with van der Waals surface area (Å²) >= 11 is 3.27. The van der Waals surface area contributed by atoms with Crippen LogP contribution < -0.4 is 9.46 Å². The second kappa shape index (κ2) is 7.84. The molecule has 0 amide bonds. The van der Waals surface area contributed by atoms with Gasteiger partial charge in [-0.2, -0.15) is 0 Å². The minimum absolute atomic E-state index is 0.140. The van der Waals surface area contributed by atoms with Crippen molar-refractivity contribution in [3.8, 4) is 5.75 Å². The molecular weight excluding hydrogens is 334 g/mol. The highest BCUT2D eigenvalue weighted by molar-refractivity contribution is 9.10. The number of rotatable bonds is 8. The summed E-state index contributed by atoms with van der Waals surface area (Å²) in [7, 11) is -2.00. The first-order valence-electron chi connectivity index (χ1n) is 5.92. The Kier molecular flexibility index (Phi) is 6.78. The van der Waals surface area contributed by atoms with Gasteiger partial charge in [-0.25, -0.2) is 13.1 Å². The Bertz CT molecular complexity index is 504. The molecule has 0 atom stereocenters. The smallest absolute Gasteiger partial charge is 0.244 e. The van der Waals surface area contributed by atoms with Gasteiger partial charge in [0.25, 0.3) is 0 Å². The number of ether oxygens (including phenoxy) is 2. The molecular formula is C12H18BrNO4S. The average Bonchev–Trinajstić information content (AvgIpc) is 2.37. The SMILES string of the molecule is CCOc1ccc(Br)cc1S(=O)(=O)NCCCOC. The molecule has 0 radical (unpaired) electrons. The highest BCUT2D eigenvalue weighted by Crippen LogP contribution is 2.27. The van der Waals surface area contributed by atoms with Crippen LogP contribution in [0, 0.1) is 0 Å². The molecule has 0 aliphatic carbocycles. The van der Waals surface area contributed by atoms with E-state index in [1.165, 1.54) is 6.07 Å². The van der Waals surface area contributed by atoms with Crippen LogP contribution in [0.1, 0.15) is 13.3 Å². The summed E-state index contributed by atoms with van der Waals surface area (Å²) in [4.78, 5) is 0.140. The minimum atomic E-state index is -3.58. The predicted octanol–water partition coefficient (Wildman–Crippen LogP) is 2.16. The quantitative estimate of drug-likeness (QED) is 0.729. The fourth-order valence-corrected chi connectivity index (χ4v) is 3.22. The van der Waals surface area contributed by atoms with E-state index in [2.05, 4.69) is 20.7 Å². The first-order valence-corrected chi connectivity index (χ1v) is 8.20. The molecule has 1 aromatic carbocycles. The summed E-state index contributed by atoms with van der Waals surface area (Å²) in [5, 5.41) is 0. The molecule has 0 bridgehead atoms. The number of benzene rings is 1. The van der Waals surface area contributed by atoms with E-state index < -0.39 is 10.0 Å². The molecule has 0 aromatic heterocycles. The van der Waals surface area contributed by atoms with Crippen molar-refractivity contribution in [2.45, 2.75) is 18.2 Å². The average molecular weight is 352 g/mol. The Morgan fingerprint density at radius 1 is 1.37 bits per heavy atom. The highest BCUT2D eigenvalue weighted by atomic mass is 79.9. The van der Waals surface area contributed by atoms with E-state index in [4.69, 9.17) is 9.47 Å². The lowest BCUT2D eigenvalue weighted by Crippen LogP contribution is -2.26. The molecule has 0 spiro atoms. The molecule has 0 heterocycles. The van der Waals surface area contributed by atoms with E-state index in [1.54, 1.807) is 19.2 Å². The molecule has 0 aliphatic rings. The number of hydrogen-bond donors (Lipinski definition) is 1. The van der Waals surface area contributed by atoms with Crippen molar-refractivity contribution in [3.63, 3.8) is 0 Å². The van der Waals surface area contributed by atoms with Crippen LogP contribution in [0.3, 0.4) is 0 Å². The number of hydrogen-bond acceptors (Lipinski definition) is 4. The van der Waals surface area contributed by atoms with Gasteiger partial charge in [0, 0.05) is 24.7 Å². The molecule has 7 heteroatoms. The summed E-state index contributed by atoms with van der Waals surface area (Å²) in [6.45, 7) is 3.06. The van der Waals surface area contributed by atoms with Crippen LogP contribution in [0.5, 0.6) is 5.75 Å². The van der Waals surface area contributed by atoms with E-state index in [0.29, 0.717) is 36.4 Å². The lowest BCUT2D eigenvalue weighted by molar-refractivity contribution is 0.196. The third-order valence-electron chi connectivity index (χ3n) is 2.31. The van der Waals surface area contributed by atoms with Gasteiger partial charge in [-0.15, -0.1) is 0 Å². The minimum Gasteiger partial charge on any atom is -0.492 e. The van der Waals surface area contributed by atoms with Crippen molar-refractivity contribution in [1.82, 2.24) is 4.72 Å². The maximum absolute atomic E-state index is 12.2. The maximum Gasteiger partial charge on any atom is 0.244 e. The predicted molar refractivity (Wildman–Crippen MR) is 77.0 cm³/mol. The van der Waals surface area contributed by atoms with Crippen molar-refractivity contribution in [1.29, 1.82) is 0 Å². The lowest BCUT2D eigenvalue weighted by atomic mass is 10.3. The standard InChI is InChI=1S/C12H18BrNO4S/c1-3-18-11-6-5-10(13)9-12(11)19(15,16)14-7-4-8-17-2/h5-6,9,14H,3-4,7-8H2,1-2H3. The Balaban J connectivity index is 2.89. The van der Waals surface area contributed by atoms with Crippen molar-refractivity contribution >= 4 is 26.0 Å². The fourth-order valence-electron chi connectivity index (χ4n) is 1.47. The first-order chi connectivity index (χ1) is 9.01. The molecule has 1 N–H and O–H groups in total. The van der Waals surface area contributed by atoms with Crippen molar-refractivity contribution < 1.29 is 17.9 Å². The van der Waals surface area contributed by atoms with Gasteiger partial charge in [0.2, 0.25) is 10.0 Å². The third kappa shape index (κ3) is 5.10. The summed E-state index contributed by atoms with van der Waals surface area (Å²) < 4.78 is 37.8. The second-order valence-electron chi connectivity index (χ2n) is 3.77. The first kappa shape index (κ1) is 16.4. The van der Waals surface area contributed by atoms with Gasteiger partial charge in [0.05, 0.1) is 6.61 Å². The van der Waals surface area contributed by atoms with Gasteiger partial charge in [-0.3, -0.25) is 0 Å².